The Labute approximate surface area is 278 Å². The molecule has 1 saturated heterocycles. The van der Waals surface area contributed by atoms with Gasteiger partial charge in [0.2, 0.25) is 11.8 Å². The van der Waals surface area contributed by atoms with Crippen LogP contribution in [0.2, 0.25) is 5.02 Å². The predicted molar refractivity (Wildman–Crippen MR) is 183 cm³/mol. The number of piperazine rings is 1. The summed E-state index contributed by atoms with van der Waals surface area (Å²) in [5, 5.41) is 11.3. The molecule has 46 heavy (non-hydrogen) atoms. The van der Waals surface area contributed by atoms with Crippen LogP contribution in [0.1, 0.15) is 62.0 Å². The monoisotopic (exact) mass is 643 g/mol. The fourth-order valence-electron chi connectivity index (χ4n) is 5.87. The van der Waals surface area contributed by atoms with Crippen LogP contribution in [0.3, 0.4) is 0 Å². The summed E-state index contributed by atoms with van der Waals surface area (Å²) in [7, 11) is 0. The number of benzene rings is 3. The van der Waals surface area contributed by atoms with Crippen molar-refractivity contribution in [2.45, 2.75) is 65.3 Å². The van der Waals surface area contributed by atoms with Gasteiger partial charge in [-0.05, 0) is 40.8 Å². The zero-order valence-electron chi connectivity index (χ0n) is 27.3. The van der Waals surface area contributed by atoms with Crippen molar-refractivity contribution in [2.24, 2.45) is 0 Å². The molecule has 2 aliphatic rings. The summed E-state index contributed by atoms with van der Waals surface area (Å²) in [4.78, 5) is 35.9. The van der Waals surface area contributed by atoms with E-state index in [1.54, 1.807) is 24.8 Å². The summed E-state index contributed by atoms with van der Waals surface area (Å²) in [6, 6.07) is 24.5. The lowest BCUT2D eigenvalue weighted by Gasteiger charge is -2.40. The molecule has 244 valence electrons. The fourth-order valence-corrected chi connectivity index (χ4v) is 6.00. The Morgan fingerprint density at radius 2 is 1.52 bits per heavy atom. The van der Waals surface area contributed by atoms with Gasteiger partial charge in [0.05, 0.1) is 18.6 Å². The molecule has 2 aliphatic heterocycles. The molecule has 0 saturated carbocycles. The van der Waals surface area contributed by atoms with Gasteiger partial charge in [0.25, 0.3) is 0 Å². The van der Waals surface area contributed by atoms with Crippen molar-refractivity contribution >= 4 is 23.4 Å². The summed E-state index contributed by atoms with van der Waals surface area (Å²) in [6.45, 7) is 11.8. The van der Waals surface area contributed by atoms with E-state index in [4.69, 9.17) is 11.6 Å². The quantitative estimate of drug-likeness (QED) is 0.266. The van der Waals surface area contributed by atoms with Crippen LogP contribution < -0.4 is 10.6 Å². The standard InChI is InChI=1S/C32H34ClN7O2.2C2H6/c33-27-12-10-24(11-13-27)30(37-31(41)28-18-25-8-4-5-9-26(25)19-35-28)32(42)39-16-14-38(15-17-39)29(20-40-22-34-21-36-40)23-6-2-1-3-7-23;2*1-2/h1-13,21-22,28-30,35H,14-20H2,(H,37,41);2*1-2H3/t28-,29?,30?;;/m1../s1. The van der Waals surface area contributed by atoms with Crippen molar-refractivity contribution in [3.63, 3.8) is 0 Å². The van der Waals surface area contributed by atoms with Crippen LogP contribution in [0.4, 0.5) is 0 Å². The molecule has 0 spiro atoms. The minimum absolute atomic E-state index is 0.0946. The molecule has 9 nitrogen and oxygen atoms in total. The van der Waals surface area contributed by atoms with E-state index in [2.05, 4.69) is 49.9 Å². The summed E-state index contributed by atoms with van der Waals surface area (Å²) >= 11 is 6.16. The van der Waals surface area contributed by atoms with Gasteiger partial charge >= 0.3 is 0 Å². The van der Waals surface area contributed by atoms with E-state index < -0.39 is 12.1 Å². The third-order valence-electron chi connectivity index (χ3n) is 8.21. The molecule has 0 radical (unpaired) electrons. The number of halogens is 1. The smallest absolute Gasteiger partial charge is 0.249 e. The first-order chi connectivity index (χ1) is 22.5. The first-order valence-electron chi connectivity index (χ1n) is 16.3. The maximum Gasteiger partial charge on any atom is 0.249 e. The van der Waals surface area contributed by atoms with Gasteiger partial charge in [0.1, 0.15) is 18.7 Å². The average Bonchev–Trinajstić information content (AvgIpc) is 3.65. The van der Waals surface area contributed by atoms with Crippen LogP contribution in [0, 0.1) is 0 Å². The Morgan fingerprint density at radius 3 is 2.17 bits per heavy atom. The van der Waals surface area contributed by atoms with E-state index in [9.17, 15) is 9.59 Å². The van der Waals surface area contributed by atoms with Gasteiger partial charge in [0, 0.05) is 37.7 Å². The zero-order chi connectivity index (χ0) is 32.9. The maximum atomic E-state index is 14.0. The summed E-state index contributed by atoms with van der Waals surface area (Å²) < 4.78 is 1.85. The minimum Gasteiger partial charge on any atom is -0.339 e. The van der Waals surface area contributed by atoms with E-state index >= 15 is 0 Å². The Balaban J connectivity index is 0.00000116. The van der Waals surface area contributed by atoms with Crippen molar-refractivity contribution in [1.82, 2.24) is 35.2 Å². The number of carbonyl (C=O) groups is 2. The van der Waals surface area contributed by atoms with Crippen molar-refractivity contribution in [1.29, 1.82) is 0 Å². The number of nitrogens with one attached hydrogen (secondary N) is 2. The lowest BCUT2D eigenvalue weighted by Crippen LogP contribution is -2.55. The molecule has 0 aliphatic carbocycles. The Morgan fingerprint density at radius 1 is 0.870 bits per heavy atom. The Hall–Kier alpha value is -4.05. The number of amides is 2. The van der Waals surface area contributed by atoms with Crippen molar-refractivity contribution < 1.29 is 9.59 Å². The normalized spacial score (nSPS) is 17.2. The number of carbonyl (C=O) groups excluding carboxylic acids is 2. The number of aromatic nitrogens is 3. The van der Waals surface area contributed by atoms with Crippen molar-refractivity contribution in [2.75, 3.05) is 26.2 Å². The van der Waals surface area contributed by atoms with Crippen molar-refractivity contribution in [3.05, 3.63) is 119 Å². The number of hydrogen-bond donors (Lipinski definition) is 2. The molecule has 0 bridgehead atoms. The molecule has 1 fully saturated rings. The predicted octanol–water partition coefficient (Wildman–Crippen LogP) is 5.44. The SMILES string of the molecule is CC.CC.O=C(NC(C(=O)N1CCN(C(Cn2cncn2)c2ccccc2)CC1)c1ccc(Cl)cc1)[C@H]1Cc2ccccc2CN1. The van der Waals surface area contributed by atoms with Gasteiger partial charge < -0.3 is 15.5 Å². The topological polar surface area (TPSA) is 95.4 Å². The number of rotatable bonds is 8. The van der Waals surface area contributed by atoms with Gasteiger partial charge in [0.15, 0.2) is 0 Å². The van der Waals surface area contributed by atoms with Crippen LogP contribution in [-0.4, -0.2) is 68.6 Å². The van der Waals surface area contributed by atoms with Crippen LogP contribution in [-0.2, 0) is 29.1 Å². The second-order valence-electron chi connectivity index (χ2n) is 10.8. The van der Waals surface area contributed by atoms with E-state index in [1.165, 1.54) is 11.1 Å². The average molecular weight is 644 g/mol. The molecule has 6 rings (SSSR count). The van der Waals surface area contributed by atoms with Gasteiger partial charge in [-0.3, -0.25) is 19.2 Å². The highest BCUT2D eigenvalue weighted by molar-refractivity contribution is 6.30. The lowest BCUT2D eigenvalue weighted by molar-refractivity contribution is -0.139. The molecule has 3 atom stereocenters. The molecule has 10 heteroatoms. The first-order valence-corrected chi connectivity index (χ1v) is 16.7. The van der Waals surface area contributed by atoms with Gasteiger partial charge in [-0.15, -0.1) is 0 Å². The highest BCUT2D eigenvalue weighted by Crippen LogP contribution is 2.26. The third kappa shape index (κ3) is 8.81. The fraction of sp³-hybridized carbons (Fsp3) is 0.389. The molecule has 3 heterocycles. The van der Waals surface area contributed by atoms with E-state index in [0.717, 1.165) is 5.56 Å². The summed E-state index contributed by atoms with van der Waals surface area (Å²) in [5.41, 5.74) is 4.26. The molecular weight excluding hydrogens is 598 g/mol. The molecule has 3 aromatic carbocycles. The largest absolute Gasteiger partial charge is 0.339 e. The van der Waals surface area contributed by atoms with Crippen LogP contribution in [0.15, 0.2) is 91.5 Å². The Bertz CT molecular complexity index is 1490. The molecule has 2 unspecified atom stereocenters. The zero-order valence-corrected chi connectivity index (χ0v) is 28.0. The molecule has 1 aromatic heterocycles. The van der Waals surface area contributed by atoms with E-state index in [-0.39, 0.29) is 17.9 Å². The number of hydrogen-bond acceptors (Lipinski definition) is 6. The Kier molecular flexibility index (Phi) is 13.3. The second kappa shape index (κ2) is 17.6. The number of nitrogens with zero attached hydrogens (tertiary/aromatic N) is 5. The van der Waals surface area contributed by atoms with Gasteiger partial charge in [-0.1, -0.05) is 106 Å². The van der Waals surface area contributed by atoms with E-state index in [1.807, 2.05) is 79.7 Å². The third-order valence-corrected chi connectivity index (χ3v) is 8.46. The lowest BCUT2D eigenvalue weighted by atomic mass is 9.95. The molecule has 2 N–H and O–H groups in total. The van der Waals surface area contributed by atoms with Crippen molar-refractivity contribution in [3.8, 4) is 0 Å². The molecule has 4 aromatic rings. The van der Waals surface area contributed by atoms with Crippen LogP contribution in [0.25, 0.3) is 0 Å². The summed E-state index contributed by atoms with van der Waals surface area (Å²) in [6.07, 6.45) is 3.86. The minimum atomic E-state index is -0.805. The van der Waals surface area contributed by atoms with Crippen LogP contribution >= 0.6 is 11.6 Å². The maximum absolute atomic E-state index is 14.0. The van der Waals surface area contributed by atoms with Gasteiger partial charge in [-0.25, -0.2) is 4.98 Å². The van der Waals surface area contributed by atoms with E-state index in [0.29, 0.717) is 56.3 Å². The highest BCUT2D eigenvalue weighted by Gasteiger charge is 2.34. The number of fused-ring (bicyclic) bond motifs is 1. The first kappa shape index (κ1) is 34.8. The van der Waals surface area contributed by atoms with Gasteiger partial charge in [-0.2, -0.15) is 5.10 Å². The summed E-state index contributed by atoms with van der Waals surface area (Å²) in [5.74, 6) is -0.303. The molecule has 2 amide bonds. The molecular formula is C36H46ClN7O2. The highest BCUT2D eigenvalue weighted by atomic mass is 35.5. The second-order valence-corrected chi connectivity index (χ2v) is 11.2. The van der Waals surface area contributed by atoms with Crippen LogP contribution in [0.5, 0.6) is 0 Å².